The molecule has 0 aromatic heterocycles. The van der Waals surface area contributed by atoms with Gasteiger partial charge in [0.25, 0.3) is 0 Å². The fourth-order valence-corrected chi connectivity index (χ4v) is 2.24. The molecule has 0 saturated carbocycles. The number of hydrogen-bond donors (Lipinski definition) is 0. The van der Waals surface area contributed by atoms with E-state index in [-0.39, 0.29) is 5.41 Å². The van der Waals surface area contributed by atoms with Crippen LogP contribution in [0.25, 0.3) is 0 Å². The molecule has 0 amide bonds. The monoisotopic (exact) mass is 241 g/mol. The Kier molecular flexibility index (Phi) is 3.04. The molecule has 0 unspecified atom stereocenters. The summed E-state index contributed by atoms with van der Waals surface area (Å²) in [6.07, 6.45) is 2.20. The molecule has 94 valence electrons. The summed E-state index contributed by atoms with van der Waals surface area (Å²) in [5, 5.41) is 8.80. The molecule has 1 aliphatic heterocycles. The molecule has 18 heavy (non-hydrogen) atoms. The number of hydrogen-bond acceptors (Lipinski definition) is 3. The van der Waals surface area contributed by atoms with Crippen LogP contribution >= 0.6 is 0 Å². The third kappa shape index (κ3) is 2.33. The molecule has 0 atom stereocenters. The normalized spacial score (nSPS) is 15.6. The van der Waals surface area contributed by atoms with Gasteiger partial charge in [-0.15, -0.1) is 0 Å². The Balaban J connectivity index is 2.26. The Morgan fingerprint density at radius 3 is 2.22 bits per heavy atom. The lowest BCUT2D eigenvalue weighted by atomic mass is 9.92. The van der Waals surface area contributed by atoms with Crippen molar-refractivity contribution in [2.75, 3.05) is 18.6 Å². The number of nitrogens with zero attached hydrogens (tertiary/aromatic N) is 3. The van der Waals surface area contributed by atoms with Gasteiger partial charge in [-0.1, -0.05) is 20.8 Å². The first-order chi connectivity index (χ1) is 8.41. The predicted molar refractivity (Wildman–Crippen MR) is 73.8 cm³/mol. The average Bonchev–Trinajstić information content (AvgIpc) is 2.71. The van der Waals surface area contributed by atoms with Crippen LogP contribution in [-0.4, -0.2) is 18.6 Å². The van der Waals surface area contributed by atoms with E-state index >= 15 is 0 Å². The van der Waals surface area contributed by atoms with Gasteiger partial charge < -0.3 is 9.80 Å². The molecule has 0 saturated heterocycles. The molecule has 1 aromatic carbocycles. The minimum absolute atomic E-state index is 0.149. The van der Waals surface area contributed by atoms with Crippen molar-refractivity contribution < 1.29 is 0 Å². The zero-order valence-electron chi connectivity index (χ0n) is 11.4. The second kappa shape index (κ2) is 4.38. The second-order valence-corrected chi connectivity index (χ2v) is 5.73. The van der Waals surface area contributed by atoms with Crippen LogP contribution in [0.5, 0.6) is 0 Å². The van der Waals surface area contributed by atoms with Gasteiger partial charge in [0.05, 0.1) is 18.3 Å². The van der Waals surface area contributed by atoms with Crippen LogP contribution < -0.4 is 4.90 Å². The first kappa shape index (κ1) is 12.5. The highest BCUT2D eigenvalue weighted by molar-refractivity contribution is 5.53. The zero-order valence-corrected chi connectivity index (χ0v) is 11.4. The third-order valence-electron chi connectivity index (χ3n) is 3.15. The molecular weight excluding hydrogens is 222 g/mol. The van der Waals surface area contributed by atoms with Gasteiger partial charge in [-0.25, -0.2) is 0 Å². The summed E-state index contributed by atoms with van der Waals surface area (Å²) >= 11 is 0. The maximum absolute atomic E-state index is 8.80. The first-order valence-corrected chi connectivity index (χ1v) is 6.12. The maximum Gasteiger partial charge on any atom is 0.0991 e. The Bertz CT molecular complexity index is 500. The van der Waals surface area contributed by atoms with Crippen LogP contribution in [0.15, 0.2) is 36.2 Å². The van der Waals surface area contributed by atoms with Gasteiger partial charge >= 0.3 is 0 Å². The van der Waals surface area contributed by atoms with Gasteiger partial charge in [-0.2, -0.15) is 5.26 Å². The predicted octanol–water partition coefficient (Wildman–Crippen LogP) is 3.16. The highest BCUT2D eigenvalue weighted by atomic mass is 15.3. The zero-order chi connectivity index (χ0) is 13.3. The summed E-state index contributed by atoms with van der Waals surface area (Å²) < 4.78 is 0. The van der Waals surface area contributed by atoms with Crippen LogP contribution in [-0.2, 0) is 0 Å². The summed E-state index contributed by atoms with van der Waals surface area (Å²) in [4.78, 5) is 4.47. The highest BCUT2D eigenvalue weighted by Gasteiger charge is 2.27. The van der Waals surface area contributed by atoms with Crippen LogP contribution in [0.2, 0.25) is 0 Å². The van der Waals surface area contributed by atoms with Crippen molar-refractivity contribution in [3.63, 3.8) is 0 Å². The lowest BCUT2D eigenvalue weighted by Gasteiger charge is -2.27. The van der Waals surface area contributed by atoms with Crippen LogP contribution in [0.1, 0.15) is 26.3 Å². The lowest BCUT2D eigenvalue weighted by molar-refractivity contribution is 0.338. The highest BCUT2D eigenvalue weighted by Crippen LogP contribution is 2.33. The first-order valence-electron chi connectivity index (χ1n) is 6.12. The van der Waals surface area contributed by atoms with E-state index in [0.717, 1.165) is 12.4 Å². The van der Waals surface area contributed by atoms with Crippen LogP contribution in [0, 0.1) is 16.7 Å². The number of nitriles is 1. The van der Waals surface area contributed by atoms with Gasteiger partial charge in [0.1, 0.15) is 0 Å². The Morgan fingerprint density at radius 1 is 1.17 bits per heavy atom. The largest absolute Gasteiger partial charge is 0.358 e. The smallest absolute Gasteiger partial charge is 0.0991 e. The molecule has 2 rings (SSSR count). The van der Waals surface area contributed by atoms with E-state index in [2.05, 4.69) is 49.9 Å². The van der Waals surface area contributed by atoms with Crippen molar-refractivity contribution in [2.45, 2.75) is 20.8 Å². The van der Waals surface area contributed by atoms with E-state index in [1.807, 2.05) is 24.3 Å². The molecule has 1 aromatic rings. The number of benzene rings is 1. The fourth-order valence-electron chi connectivity index (χ4n) is 2.24. The van der Waals surface area contributed by atoms with Gasteiger partial charge in [0.2, 0.25) is 0 Å². The van der Waals surface area contributed by atoms with Crippen molar-refractivity contribution in [2.24, 2.45) is 5.41 Å². The van der Waals surface area contributed by atoms with Crippen molar-refractivity contribution in [1.82, 2.24) is 4.90 Å². The summed E-state index contributed by atoms with van der Waals surface area (Å²) in [5.41, 5.74) is 3.30. The molecule has 0 spiro atoms. The van der Waals surface area contributed by atoms with Gasteiger partial charge in [0, 0.05) is 30.0 Å². The molecule has 0 radical (unpaired) electrons. The molecule has 1 aliphatic rings. The summed E-state index contributed by atoms with van der Waals surface area (Å²) in [7, 11) is 2.11. The van der Waals surface area contributed by atoms with Crippen LogP contribution in [0.4, 0.5) is 5.69 Å². The minimum atomic E-state index is 0.149. The third-order valence-corrected chi connectivity index (χ3v) is 3.15. The Morgan fingerprint density at radius 2 is 1.78 bits per heavy atom. The van der Waals surface area contributed by atoms with Gasteiger partial charge in [-0.05, 0) is 24.3 Å². The standard InChI is InChI=1S/C15H19N3/c1-15(2,3)14-10-18(11-17(14)4)13-7-5-12(9-16)6-8-13/h5-8,10H,11H2,1-4H3. The Hall–Kier alpha value is -1.95. The van der Waals surface area contributed by atoms with Gasteiger partial charge in [0.15, 0.2) is 0 Å². The molecule has 0 N–H and O–H groups in total. The van der Waals surface area contributed by atoms with E-state index < -0.39 is 0 Å². The molecule has 0 bridgehead atoms. The van der Waals surface area contributed by atoms with Crippen molar-refractivity contribution in [3.8, 4) is 6.07 Å². The number of anilines is 1. The topological polar surface area (TPSA) is 30.3 Å². The molecule has 3 heteroatoms. The molecule has 3 nitrogen and oxygen atoms in total. The molecule has 0 fully saturated rings. The second-order valence-electron chi connectivity index (χ2n) is 5.73. The Labute approximate surface area is 109 Å². The lowest BCUT2D eigenvalue weighted by Crippen LogP contribution is -2.26. The van der Waals surface area contributed by atoms with E-state index in [0.29, 0.717) is 5.56 Å². The quantitative estimate of drug-likeness (QED) is 0.756. The molecule has 0 aliphatic carbocycles. The summed E-state index contributed by atoms with van der Waals surface area (Å²) in [6.45, 7) is 7.52. The SMILES string of the molecule is CN1CN(c2ccc(C#N)cc2)C=C1C(C)(C)C. The van der Waals surface area contributed by atoms with Crippen molar-refractivity contribution >= 4 is 5.69 Å². The van der Waals surface area contributed by atoms with Crippen molar-refractivity contribution in [3.05, 3.63) is 41.7 Å². The molecular formula is C15H19N3. The average molecular weight is 241 g/mol. The number of allylic oxidation sites excluding steroid dienone is 1. The van der Waals surface area contributed by atoms with Crippen molar-refractivity contribution in [1.29, 1.82) is 5.26 Å². The fraction of sp³-hybridized carbons (Fsp3) is 0.400. The molecule has 1 heterocycles. The maximum atomic E-state index is 8.80. The van der Waals surface area contributed by atoms with Gasteiger partial charge in [-0.3, -0.25) is 0 Å². The number of rotatable bonds is 1. The van der Waals surface area contributed by atoms with E-state index in [1.54, 1.807) is 0 Å². The van der Waals surface area contributed by atoms with Crippen LogP contribution in [0.3, 0.4) is 0 Å². The van der Waals surface area contributed by atoms with E-state index in [1.165, 1.54) is 5.70 Å². The minimum Gasteiger partial charge on any atom is -0.358 e. The van der Waals surface area contributed by atoms with E-state index in [9.17, 15) is 0 Å². The summed E-state index contributed by atoms with van der Waals surface area (Å²) in [5.74, 6) is 0. The summed E-state index contributed by atoms with van der Waals surface area (Å²) in [6, 6.07) is 9.85. The van der Waals surface area contributed by atoms with E-state index in [4.69, 9.17) is 5.26 Å².